The minimum atomic E-state index is 0.495. The third kappa shape index (κ3) is 3.54. The molecule has 1 unspecified atom stereocenters. The van der Waals surface area contributed by atoms with Gasteiger partial charge in [-0.05, 0) is 36.0 Å². The van der Waals surface area contributed by atoms with E-state index < -0.39 is 0 Å². The number of alkyl halides is 1. The van der Waals surface area contributed by atoms with Gasteiger partial charge in [0.25, 0.3) is 0 Å². The van der Waals surface area contributed by atoms with Gasteiger partial charge in [-0.3, -0.25) is 4.79 Å². The van der Waals surface area contributed by atoms with Crippen molar-refractivity contribution in [3.8, 4) is 0 Å². The Labute approximate surface area is 82.1 Å². The predicted octanol–water partition coefficient (Wildman–Crippen LogP) is 2.96. The summed E-state index contributed by atoms with van der Waals surface area (Å²) in [6, 6.07) is 0. The molecule has 0 aliphatic heterocycles. The zero-order chi connectivity index (χ0) is 8.10. The number of rotatable bonds is 3. The highest BCUT2D eigenvalue weighted by atomic mass is 127. The first kappa shape index (κ1) is 9.49. The molecule has 0 aromatic carbocycles. The zero-order valence-electron chi connectivity index (χ0n) is 6.81. The van der Waals surface area contributed by atoms with Gasteiger partial charge in [0.2, 0.25) is 0 Å². The molecule has 1 aliphatic carbocycles. The first-order chi connectivity index (χ1) is 5.33. The van der Waals surface area contributed by atoms with E-state index in [0.29, 0.717) is 5.78 Å². The molecule has 0 saturated heterocycles. The number of hydrogen-bond acceptors (Lipinski definition) is 1. The van der Waals surface area contributed by atoms with Gasteiger partial charge in [0.05, 0.1) is 0 Å². The summed E-state index contributed by atoms with van der Waals surface area (Å²) in [6.07, 6.45) is 6.72. The topological polar surface area (TPSA) is 17.1 Å². The average molecular weight is 266 g/mol. The fourth-order valence-corrected chi connectivity index (χ4v) is 2.17. The molecule has 0 radical (unpaired) electrons. The Morgan fingerprint density at radius 2 is 2.36 bits per heavy atom. The van der Waals surface area contributed by atoms with Crippen molar-refractivity contribution in [3.63, 3.8) is 0 Å². The molecule has 1 nitrogen and oxygen atoms in total. The summed E-state index contributed by atoms with van der Waals surface area (Å²) in [6.45, 7) is 0. The summed E-state index contributed by atoms with van der Waals surface area (Å²) >= 11 is 2.40. The maximum absolute atomic E-state index is 11.0. The Hall–Kier alpha value is 0.400. The van der Waals surface area contributed by atoms with Crippen LogP contribution >= 0.6 is 22.6 Å². The van der Waals surface area contributed by atoms with Crippen LogP contribution in [0.1, 0.15) is 38.5 Å². The molecule has 0 amide bonds. The Balaban J connectivity index is 2.17. The number of carbonyl (C=O) groups excluding carboxylic acids is 1. The van der Waals surface area contributed by atoms with Crippen LogP contribution in [0.3, 0.4) is 0 Å². The van der Waals surface area contributed by atoms with Crippen molar-refractivity contribution in [1.82, 2.24) is 0 Å². The molecule has 0 N–H and O–H groups in total. The SMILES string of the molecule is O=C1CCCC(CCCI)C1. The number of carbonyl (C=O) groups is 1. The third-order valence-electron chi connectivity index (χ3n) is 2.33. The van der Waals surface area contributed by atoms with E-state index in [2.05, 4.69) is 22.6 Å². The number of ketones is 1. The quantitative estimate of drug-likeness (QED) is 0.567. The zero-order valence-corrected chi connectivity index (χ0v) is 8.97. The molecule has 64 valence electrons. The van der Waals surface area contributed by atoms with Gasteiger partial charge < -0.3 is 0 Å². The van der Waals surface area contributed by atoms with Crippen molar-refractivity contribution in [2.24, 2.45) is 5.92 Å². The molecule has 0 heterocycles. The van der Waals surface area contributed by atoms with Crippen molar-refractivity contribution >= 4 is 28.4 Å². The molecule has 0 spiro atoms. The number of halogens is 1. The summed E-state index contributed by atoms with van der Waals surface area (Å²) in [7, 11) is 0. The van der Waals surface area contributed by atoms with Crippen LogP contribution in [0.25, 0.3) is 0 Å². The monoisotopic (exact) mass is 266 g/mol. The van der Waals surface area contributed by atoms with Gasteiger partial charge in [0.15, 0.2) is 0 Å². The van der Waals surface area contributed by atoms with Gasteiger partial charge in [0, 0.05) is 12.8 Å². The van der Waals surface area contributed by atoms with Gasteiger partial charge in [-0.15, -0.1) is 0 Å². The van der Waals surface area contributed by atoms with Crippen LogP contribution in [0.15, 0.2) is 0 Å². The standard InChI is InChI=1S/C9H15IO/c10-6-2-4-8-3-1-5-9(11)7-8/h8H,1-7H2. The van der Waals surface area contributed by atoms with Crippen molar-refractivity contribution in [1.29, 1.82) is 0 Å². The van der Waals surface area contributed by atoms with Gasteiger partial charge >= 0.3 is 0 Å². The molecule has 0 aromatic rings. The van der Waals surface area contributed by atoms with E-state index in [1.165, 1.54) is 23.7 Å². The van der Waals surface area contributed by atoms with Gasteiger partial charge in [-0.25, -0.2) is 0 Å². The first-order valence-corrected chi connectivity index (χ1v) is 5.93. The van der Waals surface area contributed by atoms with Gasteiger partial charge in [0.1, 0.15) is 5.78 Å². The molecule has 1 aliphatic rings. The summed E-state index contributed by atoms with van der Waals surface area (Å²) in [4.78, 5) is 11.0. The van der Waals surface area contributed by atoms with E-state index in [1.54, 1.807) is 0 Å². The second kappa shape index (κ2) is 5.12. The lowest BCUT2D eigenvalue weighted by molar-refractivity contribution is -0.121. The summed E-state index contributed by atoms with van der Waals surface area (Å²) < 4.78 is 1.24. The Bertz CT molecular complexity index is 134. The minimum absolute atomic E-state index is 0.495. The van der Waals surface area contributed by atoms with Crippen molar-refractivity contribution < 1.29 is 4.79 Å². The normalized spacial score (nSPS) is 25.5. The van der Waals surface area contributed by atoms with Crippen LogP contribution in [0.5, 0.6) is 0 Å². The molecule has 2 heteroatoms. The Morgan fingerprint density at radius 1 is 1.55 bits per heavy atom. The first-order valence-electron chi connectivity index (χ1n) is 4.40. The van der Waals surface area contributed by atoms with E-state index in [-0.39, 0.29) is 0 Å². The summed E-state index contributed by atoms with van der Waals surface area (Å²) in [5, 5.41) is 0. The second-order valence-corrected chi connectivity index (χ2v) is 4.41. The molecular formula is C9H15IO. The van der Waals surface area contributed by atoms with E-state index >= 15 is 0 Å². The third-order valence-corrected chi connectivity index (χ3v) is 3.09. The maximum Gasteiger partial charge on any atom is 0.133 e. The maximum atomic E-state index is 11.0. The predicted molar refractivity (Wildman–Crippen MR) is 55.1 cm³/mol. The molecule has 1 rings (SSSR count). The van der Waals surface area contributed by atoms with E-state index in [4.69, 9.17) is 0 Å². The second-order valence-electron chi connectivity index (χ2n) is 3.33. The molecule has 0 bridgehead atoms. The lowest BCUT2D eigenvalue weighted by Crippen LogP contribution is -2.14. The molecule has 1 saturated carbocycles. The van der Waals surface area contributed by atoms with E-state index in [0.717, 1.165) is 25.2 Å². The molecule has 11 heavy (non-hydrogen) atoms. The van der Waals surface area contributed by atoms with E-state index in [1.807, 2.05) is 0 Å². The smallest absolute Gasteiger partial charge is 0.133 e. The van der Waals surface area contributed by atoms with Crippen molar-refractivity contribution in [3.05, 3.63) is 0 Å². The fourth-order valence-electron chi connectivity index (χ4n) is 1.73. The Kier molecular flexibility index (Phi) is 4.41. The largest absolute Gasteiger partial charge is 0.300 e. The Morgan fingerprint density at radius 3 is 3.00 bits per heavy atom. The highest BCUT2D eigenvalue weighted by molar-refractivity contribution is 14.1. The van der Waals surface area contributed by atoms with E-state index in [9.17, 15) is 4.79 Å². The van der Waals surface area contributed by atoms with Crippen molar-refractivity contribution in [2.75, 3.05) is 4.43 Å². The minimum Gasteiger partial charge on any atom is -0.300 e. The highest BCUT2D eigenvalue weighted by Crippen LogP contribution is 2.25. The van der Waals surface area contributed by atoms with Crippen LogP contribution in [0.4, 0.5) is 0 Å². The van der Waals surface area contributed by atoms with Crippen LogP contribution in [-0.2, 0) is 4.79 Å². The molecular weight excluding hydrogens is 251 g/mol. The molecule has 0 aromatic heterocycles. The van der Waals surface area contributed by atoms with Crippen LogP contribution < -0.4 is 0 Å². The van der Waals surface area contributed by atoms with Crippen molar-refractivity contribution in [2.45, 2.75) is 38.5 Å². The van der Waals surface area contributed by atoms with Gasteiger partial charge in [-0.1, -0.05) is 22.6 Å². The lowest BCUT2D eigenvalue weighted by atomic mass is 9.85. The summed E-state index contributed by atoms with van der Waals surface area (Å²) in [5.74, 6) is 1.22. The number of hydrogen-bond donors (Lipinski definition) is 0. The summed E-state index contributed by atoms with van der Waals surface area (Å²) in [5.41, 5.74) is 0. The molecule has 1 fully saturated rings. The average Bonchev–Trinajstić information content (AvgIpc) is 2.01. The molecule has 1 atom stereocenters. The fraction of sp³-hybridized carbons (Fsp3) is 0.889. The van der Waals surface area contributed by atoms with Gasteiger partial charge in [-0.2, -0.15) is 0 Å². The highest BCUT2D eigenvalue weighted by Gasteiger charge is 2.18. The lowest BCUT2D eigenvalue weighted by Gasteiger charge is -2.19. The number of Topliss-reactive ketones (excluding diaryl/α,β-unsaturated/α-hetero) is 1. The van der Waals surface area contributed by atoms with Crippen LogP contribution in [0, 0.1) is 5.92 Å². The van der Waals surface area contributed by atoms with Crippen LogP contribution in [-0.4, -0.2) is 10.2 Å². The van der Waals surface area contributed by atoms with Crippen LogP contribution in [0.2, 0.25) is 0 Å².